The molecule has 1 aromatic rings. The molecule has 0 aliphatic carbocycles. The normalized spacial score (nSPS) is 14.0. The number of ketones is 2. The first kappa shape index (κ1) is 72.3. The largest absolute Gasteiger partial charge is 0.382 e. The highest BCUT2D eigenvalue weighted by Crippen LogP contribution is 2.17. The number of carbonyl (C=O) groups excluding carboxylic acids is 7. The molecule has 0 saturated carbocycles. The van der Waals surface area contributed by atoms with E-state index >= 15 is 0 Å². The van der Waals surface area contributed by atoms with Crippen molar-refractivity contribution in [1.82, 2.24) is 30.2 Å². The maximum absolute atomic E-state index is 14.5. The van der Waals surface area contributed by atoms with Crippen LogP contribution in [-0.4, -0.2) is 305 Å². The maximum Gasteiger partial charge on any atom is 0.242 e. The summed E-state index contributed by atoms with van der Waals surface area (Å²) < 4.78 is 65.2. The number of likely N-dealkylation sites (tertiary alicyclic amines) is 1. The average Bonchev–Trinajstić information content (AvgIpc) is 3.85. The number of hydrogen-bond acceptors (Lipinski definition) is 22. The summed E-state index contributed by atoms with van der Waals surface area (Å²) in [6, 6.07) is 4.31. The van der Waals surface area contributed by atoms with Crippen LogP contribution in [0.15, 0.2) is 24.3 Å². The minimum absolute atomic E-state index is 0.0556. The van der Waals surface area contributed by atoms with Crippen LogP contribution in [0.2, 0.25) is 0 Å². The summed E-state index contributed by atoms with van der Waals surface area (Å²) in [6.45, 7) is 6.98. The molecule has 27 nitrogen and oxygen atoms in total. The zero-order valence-corrected chi connectivity index (χ0v) is 48.8. The fraction of sp³-hybridized carbons (Fsp3) is 0.759. The van der Waals surface area contributed by atoms with Gasteiger partial charge in [-0.05, 0) is 38.1 Å². The monoisotopic (exact) mass is 1160 g/mol. The standard InChI is InChI=1S/C54H94N8O19/c1-43(48(63)39-57-45-9-7-44(8-10-45)37-50(55)65)62-12-11-46(54(62)69)58-40-49(64)47(56-2)38-51(66)61(41-52(67)59(13-17-74-29-33-78-25-21-70-3)14-18-75-30-34-79-26-22-71-4)42-53(68)60(15-19-76-31-35-80-27-23-72-5)16-20-77-32-36-81-28-24-73-6/h7-10,43,46-47,56-58H,11-42H2,1-6H3,(H2,55,65)/t43?,46?,47-/m0/s1. The highest BCUT2D eigenvalue weighted by atomic mass is 16.6. The number of rotatable bonds is 54. The summed E-state index contributed by atoms with van der Waals surface area (Å²) in [5.41, 5.74) is 6.67. The molecule has 0 radical (unpaired) electrons. The molecule has 1 aliphatic rings. The average molecular weight is 1160 g/mol. The Hall–Kier alpha value is -4.85. The van der Waals surface area contributed by atoms with E-state index in [0.717, 1.165) is 10.5 Å². The highest BCUT2D eigenvalue weighted by molar-refractivity contribution is 5.96. The van der Waals surface area contributed by atoms with E-state index in [4.69, 9.17) is 62.6 Å². The zero-order chi connectivity index (χ0) is 59.3. The molecule has 1 heterocycles. The third-order valence-corrected chi connectivity index (χ3v) is 12.6. The molecule has 1 saturated heterocycles. The quantitative estimate of drug-likeness (QED) is 0.0514. The Balaban J connectivity index is 2.26. The van der Waals surface area contributed by atoms with Gasteiger partial charge in [0.05, 0.1) is 170 Å². The second kappa shape index (κ2) is 46.6. The molecule has 2 unspecified atom stereocenters. The van der Waals surface area contributed by atoms with E-state index in [1.54, 1.807) is 59.6 Å². The number of carbonyl (C=O) groups is 7. The maximum atomic E-state index is 14.5. The number of nitrogens with two attached hydrogens (primary N) is 1. The molecule has 0 spiro atoms. The molecule has 3 atom stereocenters. The van der Waals surface area contributed by atoms with Crippen molar-refractivity contribution in [3.05, 3.63) is 29.8 Å². The number of anilines is 1. The number of Topliss-reactive ketones (excluding diaryl/α,β-unsaturated/α-hetero) is 2. The molecular weight excluding hydrogens is 1060 g/mol. The second-order valence-electron chi connectivity index (χ2n) is 18.5. The summed E-state index contributed by atoms with van der Waals surface area (Å²) in [4.78, 5) is 101. The van der Waals surface area contributed by atoms with Gasteiger partial charge in [-0.1, -0.05) is 12.1 Å². The van der Waals surface area contributed by atoms with Crippen LogP contribution in [0.3, 0.4) is 0 Å². The minimum Gasteiger partial charge on any atom is -0.382 e. The van der Waals surface area contributed by atoms with Gasteiger partial charge in [0.1, 0.15) is 13.1 Å². The number of primary amides is 1. The van der Waals surface area contributed by atoms with Gasteiger partial charge in [0.15, 0.2) is 11.6 Å². The number of nitrogens with zero attached hydrogens (tertiary/aromatic N) is 4. The van der Waals surface area contributed by atoms with E-state index < -0.39 is 67.0 Å². The van der Waals surface area contributed by atoms with Crippen molar-refractivity contribution in [1.29, 1.82) is 0 Å². The van der Waals surface area contributed by atoms with Gasteiger partial charge in [0.2, 0.25) is 29.5 Å². The van der Waals surface area contributed by atoms with E-state index in [0.29, 0.717) is 91.4 Å². The first-order valence-electron chi connectivity index (χ1n) is 27.6. The van der Waals surface area contributed by atoms with Gasteiger partial charge in [-0.25, -0.2) is 0 Å². The molecule has 5 amide bonds. The molecule has 464 valence electrons. The van der Waals surface area contributed by atoms with E-state index in [2.05, 4.69) is 16.0 Å². The summed E-state index contributed by atoms with van der Waals surface area (Å²) >= 11 is 0. The lowest BCUT2D eigenvalue weighted by molar-refractivity contribution is -0.146. The van der Waals surface area contributed by atoms with Gasteiger partial charge in [0.25, 0.3) is 0 Å². The van der Waals surface area contributed by atoms with Crippen molar-refractivity contribution in [2.24, 2.45) is 5.73 Å². The molecule has 0 bridgehead atoms. The van der Waals surface area contributed by atoms with E-state index in [1.807, 2.05) is 0 Å². The molecule has 1 aromatic carbocycles. The first-order chi connectivity index (χ1) is 39.3. The van der Waals surface area contributed by atoms with Crippen molar-refractivity contribution in [2.75, 3.05) is 232 Å². The Morgan fingerprint density at radius 3 is 1.33 bits per heavy atom. The third-order valence-electron chi connectivity index (χ3n) is 12.6. The topological polar surface area (TPSA) is 305 Å². The van der Waals surface area contributed by atoms with Crippen LogP contribution in [-0.2, 0) is 96.8 Å². The minimum atomic E-state index is -1.09. The van der Waals surface area contributed by atoms with E-state index in [9.17, 15) is 33.6 Å². The Morgan fingerprint density at radius 2 is 0.951 bits per heavy atom. The van der Waals surface area contributed by atoms with Crippen LogP contribution >= 0.6 is 0 Å². The fourth-order valence-corrected chi connectivity index (χ4v) is 7.79. The second-order valence-corrected chi connectivity index (χ2v) is 18.5. The number of methoxy groups -OCH3 is 4. The van der Waals surface area contributed by atoms with Gasteiger partial charge in [-0.15, -0.1) is 0 Å². The molecule has 1 fully saturated rings. The third kappa shape index (κ3) is 33.1. The summed E-state index contributed by atoms with van der Waals surface area (Å²) in [6.07, 6.45) is -0.0178. The summed E-state index contributed by atoms with van der Waals surface area (Å²) in [5, 5.41) is 8.97. The Labute approximate surface area is 477 Å². The fourth-order valence-electron chi connectivity index (χ4n) is 7.79. The Kier molecular flexibility index (Phi) is 41.6. The van der Waals surface area contributed by atoms with Crippen LogP contribution in [0.25, 0.3) is 0 Å². The summed E-state index contributed by atoms with van der Waals surface area (Å²) in [7, 11) is 7.81. The predicted octanol–water partition coefficient (Wildman–Crippen LogP) is -1.97. The van der Waals surface area contributed by atoms with Gasteiger partial charge < -0.3 is 92.8 Å². The molecule has 1 aliphatic heterocycles. The number of hydrogen-bond donors (Lipinski definition) is 4. The molecular formula is C54H94N8O19. The van der Waals surface area contributed by atoms with Crippen LogP contribution in [0.4, 0.5) is 5.69 Å². The highest BCUT2D eigenvalue weighted by Gasteiger charge is 2.37. The zero-order valence-electron chi connectivity index (χ0n) is 48.8. The number of amides is 5. The lowest BCUT2D eigenvalue weighted by Crippen LogP contribution is -2.52. The Morgan fingerprint density at radius 1 is 0.556 bits per heavy atom. The van der Waals surface area contributed by atoms with Crippen LogP contribution in [0.1, 0.15) is 25.3 Å². The smallest absolute Gasteiger partial charge is 0.242 e. The van der Waals surface area contributed by atoms with Crippen LogP contribution < -0.4 is 21.7 Å². The lowest BCUT2D eigenvalue weighted by Gasteiger charge is -2.30. The van der Waals surface area contributed by atoms with Gasteiger partial charge >= 0.3 is 0 Å². The van der Waals surface area contributed by atoms with Crippen LogP contribution in [0.5, 0.6) is 0 Å². The number of ether oxygens (including phenoxy) is 12. The molecule has 27 heteroatoms. The van der Waals surface area contributed by atoms with Crippen molar-refractivity contribution in [3.8, 4) is 0 Å². The van der Waals surface area contributed by atoms with Crippen molar-refractivity contribution < 1.29 is 90.4 Å². The lowest BCUT2D eigenvalue weighted by atomic mass is 10.1. The SMILES string of the molecule is CN[C@@H](CC(=O)N(CC(=O)N(CCOCCOCCOC)CCOCCOCCOC)CC(=O)N(CCOCCOCCOC)CCOCCOCCOC)C(=O)CNC1CCN(C(C)C(=O)CNc2ccc(CC(N)=O)cc2)C1=O. The van der Waals surface area contributed by atoms with Gasteiger partial charge in [-0.2, -0.15) is 0 Å². The molecule has 2 rings (SSSR count). The summed E-state index contributed by atoms with van der Waals surface area (Å²) in [5.74, 6) is -3.17. The first-order valence-corrected chi connectivity index (χ1v) is 27.6. The van der Waals surface area contributed by atoms with Crippen molar-refractivity contribution in [2.45, 2.75) is 44.3 Å². The molecule has 5 N–H and O–H groups in total. The predicted molar refractivity (Wildman–Crippen MR) is 297 cm³/mol. The molecule has 0 aromatic heterocycles. The van der Waals surface area contributed by atoms with Crippen molar-refractivity contribution in [3.63, 3.8) is 0 Å². The van der Waals surface area contributed by atoms with Crippen molar-refractivity contribution >= 4 is 46.8 Å². The van der Waals surface area contributed by atoms with Gasteiger partial charge in [-0.3, -0.25) is 38.9 Å². The number of benzene rings is 1. The van der Waals surface area contributed by atoms with Gasteiger partial charge in [0, 0.05) is 73.3 Å². The molecule has 81 heavy (non-hydrogen) atoms. The Bertz CT molecular complexity index is 1790. The number of nitrogens with one attached hydrogen (secondary N) is 3. The van der Waals surface area contributed by atoms with E-state index in [1.165, 1.54) is 21.7 Å². The van der Waals surface area contributed by atoms with E-state index in [-0.39, 0.29) is 117 Å². The number of likely N-dealkylation sites (N-methyl/N-ethyl adjacent to an activating group) is 1. The van der Waals surface area contributed by atoms with Crippen LogP contribution in [0, 0.1) is 0 Å².